The maximum absolute atomic E-state index is 13.9. The van der Waals surface area contributed by atoms with E-state index in [0.717, 1.165) is 25.1 Å². The first-order chi connectivity index (χ1) is 14.2. The fraction of sp³-hybridized carbons (Fsp3) is 0.250. The van der Waals surface area contributed by atoms with Gasteiger partial charge in [0.05, 0.1) is 22.4 Å². The first-order valence-corrected chi connectivity index (χ1v) is 10.7. The smallest absolute Gasteiger partial charge is 0.200 e. The second kappa shape index (κ2) is 7.59. The molecule has 1 saturated heterocycles. The van der Waals surface area contributed by atoms with E-state index in [2.05, 4.69) is 10.3 Å². The van der Waals surface area contributed by atoms with Crippen LogP contribution >= 0.6 is 0 Å². The van der Waals surface area contributed by atoms with Crippen LogP contribution in [-0.2, 0) is 15.6 Å². The fourth-order valence-corrected chi connectivity index (χ4v) is 5.00. The Morgan fingerprint density at radius 2 is 1.63 bits per heavy atom. The third-order valence-electron chi connectivity index (χ3n) is 5.15. The summed E-state index contributed by atoms with van der Waals surface area (Å²) >= 11 is 0. The van der Waals surface area contributed by atoms with Crippen molar-refractivity contribution >= 4 is 20.6 Å². The number of rotatable bonds is 4. The molecule has 10 heteroatoms. The number of pyridine rings is 1. The Hall–Kier alpha value is -2.59. The molecule has 3 aromatic rings. The number of sulfone groups is 1. The number of hydrogen-bond acceptors (Lipinski definition) is 4. The van der Waals surface area contributed by atoms with Gasteiger partial charge in [0.1, 0.15) is 0 Å². The van der Waals surface area contributed by atoms with Crippen LogP contribution < -0.4 is 5.32 Å². The fourth-order valence-electron chi connectivity index (χ4n) is 3.62. The summed E-state index contributed by atoms with van der Waals surface area (Å²) in [6.45, 7) is 0.844. The molecule has 1 unspecified atom stereocenters. The zero-order chi connectivity index (χ0) is 21.6. The minimum absolute atomic E-state index is 0.0320. The molecule has 0 radical (unpaired) electrons. The van der Waals surface area contributed by atoms with Gasteiger partial charge in [0.25, 0.3) is 0 Å². The lowest BCUT2D eigenvalue weighted by Gasteiger charge is -2.14. The molecule has 0 saturated carbocycles. The number of halogens is 5. The summed E-state index contributed by atoms with van der Waals surface area (Å²) in [7, 11) is -4.40. The summed E-state index contributed by atoms with van der Waals surface area (Å²) < 4.78 is 93.3. The highest BCUT2D eigenvalue weighted by molar-refractivity contribution is 7.90. The molecule has 0 amide bonds. The molecule has 1 aliphatic heterocycles. The number of hydrogen-bond donors (Lipinski definition) is 1. The predicted molar refractivity (Wildman–Crippen MR) is 98.8 cm³/mol. The summed E-state index contributed by atoms with van der Waals surface area (Å²) in [5.74, 6) is -12.4. The van der Waals surface area contributed by atoms with E-state index in [4.69, 9.17) is 0 Å². The lowest BCUT2D eigenvalue weighted by atomic mass is 10.0. The molecule has 2 aromatic carbocycles. The SMILES string of the molecule is O=S(=O)(Cc1c(F)c(F)c(F)c(F)c1F)c1ccc2c(C3CCCN3)nccc2c1. The Morgan fingerprint density at radius 3 is 2.27 bits per heavy atom. The molecule has 158 valence electrons. The first-order valence-electron chi connectivity index (χ1n) is 9.06. The lowest BCUT2D eigenvalue weighted by Crippen LogP contribution is -2.15. The van der Waals surface area contributed by atoms with Crippen LogP contribution in [0.15, 0.2) is 35.4 Å². The Kier molecular flexibility index (Phi) is 5.23. The van der Waals surface area contributed by atoms with Gasteiger partial charge in [0.15, 0.2) is 33.1 Å². The van der Waals surface area contributed by atoms with Gasteiger partial charge in [-0.1, -0.05) is 6.07 Å². The summed E-state index contributed by atoms with van der Waals surface area (Å²) in [6.07, 6.45) is 3.39. The Labute approximate surface area is 168 Å². The van der Waals surface area contributed by atoms with Crippen molar-refractivity contribution in [3.05, 3.63) is 70.8 Å². The zero-order valence-corrected chi connectivity index (χ0v) is 16.2. The maximum atomic E-state index is 13.9. The van der Waals surface area contributed by atoms with Gasteiger partial charge in [-0.3, -0.25) is 4.98 Å². The van der Waals surface area contributed by atoms with Gasteiger partial charge in [-0.25, -0.2) is 30.4 Å². The number of benzene rings is 2. The summed E-state index contributed by atoms with van der Waals surface area (Å²) in [5, 5.41) is 4.55. The van der Waals surface area contributed by atoms with Gasteiger partial charge < -0.3 is 5.32 Å². The van der Waals surface area contributed by atoms with Gasteiger partial charge in [0, 0.05) is 17.1 Å². The van der Waals surface area contributed by atoms with E-state index in [9.17, 15) is 30.4 Å². The minimum Gasteiger partial charge on any atom is -0.309 e. The second-order valence-corrected chi connectivity index (χ2v) is 9.03. The molecule has 0 aliphatic carbocycles. The van der Waals surface area contributed by atoms with Gasteiger partial charge >= 0.3 is 0 Å². The average molecular weight is 442 g/mol. The topological polar surface area (TPSA) is 59.1 Å². The van der Waals surface area contributed by atoms with Crippen molar-refractivity contribution < 1.29 is 30.4 Å². The van der Waals surface area contributed by atoms with E-state index in [1.165, 1.54) is 24.4 Å². The monoisotopic (exact) mass is 442 g/mol. The highest BCUT2D eigenvalue weighted by Crippen LogP contribution is 2.31. The highest BCUT2D eigenvalue weighted by atomic mass is 32.2. The van der Waals surface area contributed by atoms with E-state index in [-0.39, 0.29) is 10.9 Å². The summed E-state index contributed by atoms with van der Waals surface area (Å²) in [6, 6.07) is 5.69. The van der Waals surface area contributed by atoms with Crippen molar-refractivity contribution in [2.24, 2.45) is 0 Å². The third kappa shape index (κ3) is 3.43. The zero-order valence-electron chi connectivity index (χ0n) is 15.4. The van der Waals surface area contributed by atoms with Crippen molar-refractivity contribution in [1.82, 2.24) is 10.3 Å². The summed E-state index contributed by atoms with van der Waals surface area (Å²) in [4.78, 5) is 4.07. The van der Waals surface area contributed by atoms with Gasteiger partial charge in [0.2, 0.25) is 5.82 Å². The van der Waals surface area contributed by atoms with Crippen molar-refractivity contribution in [1.29, 1.82) is 0 Å². The molecule has 30 heavy (non-hydrogen) atoms. The van der Waals surface area contributed by atoms with Crippen molar-refractivity contribution in [3.8, 4) is 0 Å². The quantitative estimate of drug-likeness (QED) is 0.371. The molecule has 1 aromatic heterocycles. The molecule has 0 spiro atoms. The Balaban J connectivity index is 1.75. The standard InChI is InChI=1S/C20H15F5N2O2S/c21-15-13(16(22)18(24)19(25)17(15)23)9-30(28,29)11-3-4-12-10(8-11)5-7-27-20(12)14-2-1-6-26-14/h3-5,7-8,14,26H,1-2,6,9H2. The van der Waals surface area contributed by atoms with E-state index in [1.54, 1.807) is 6.07 Å². The van der Waals surface area contributed by atoms with Crippen LogP contribution in [0.2, 0.25) is 0 Å². The molecule has 2 heterocycles. The van der Waals surface area contributed by atoms with E-state index < -0.39 is 50.2 Å². The number of nitrogens with one attached hydrogen (secondary N) is 1. The van der Waals surface area contributed by atoms with Crippen LogP contribution in [0.4, 0.5) is 22.0 Å². The molecular formula is C20H15F5N2O2S. The second-order valence-electron chi connectivity index (χ2n) is 7.04. The average Bonchev–Trinajstić information content (AvgIpc) is 3.28. The van der Waals surface area contributed by atoms with Crippen LogP contribution in [0.3, 0.4) is 0 Å². The molecule has 4 nitrogen and oxygen atoms in total. The predicted octanol–water partition coefficient (Wildman–Crippen LogP) is 4.33. The van der Waals surface area contributed by atoms with Crippen LogP contribution in [0.25, 0.3) is 10.8 Å². The lowest BCUT2D eigenvalue weighted by molar-refractivity contribution is 0.372. The minimum atomic E-state index is -4.40. The van der Waals surface area contributed by atoms with E-state index in [1.807, 2.05) is 0 Å². The van der Waals surface area contributed by atoms with Crippen molar-refractivity contribution in [2.45, 2.75) is 29.5 Å². The number of nitrogens with zero attached hydrogens (tertiary/aromatic N) is 1. The van der Waals surface area contributed by atoms with E-state index in [0.29, 0.717) is 10.8 Å². The van der Waals surface area contributed by atoms with Crippen LogP contribution in [0, 0.1) is 29.1 Å². The van der Waals surface area contributed by atoms with Gasteiger partial charge in [-0.15, -0.1) is 0 Å². The van der Waals surface area contributed by atoms with E-state index >= 15 is 0 Å². The highest BCUT2D eigenvalue weighted by Gasteiger charge is 2.29. The molecule has 1 N–H and O–H groups in total. The van der Waals surface area contributed by atoms with Gasteiger partial charge in [-0.2, -0.15) is 0 Å². The van der Waals surface area contributed by atoms with Crippen LogP contribution in [0.1, 0.15) is 30.1 Å². The van der Waals surface area contributed by atoms with Crippen LogP contribution in [-0.4, -0.2) is 19.9 Å². The Morgan fingerprint density at radius 1 is 0.967 bits per heavy atom. The third-order valence-corrected chi connectivity index (χ3v) is 6.79. The molecule has 1 fully saturated rings. The Bertz CT molecular complexity index is 1230. The number of fused-ring (bicyclic) bond motifs is 1. The largest absolute Gasteiger partial charge is 0.309 e. The first kappa shape index (κ1) is 20.7. The molecule has 1 aliphatic rings. The molecule has 0 bridgehead atoms. The molecule has 1 atom stereocenters. The number of aromatic nitrogens is 1. The van der Waals surface area contributed by atoms with Crippen molar-refractivity contribution in [2.75, 3.05) is 6.54 Å². The molecular weight excluding hydrogens is 427 g/mol. The summed E-state index contributed by atoms with van der Waals surface area (Å²) in [5.41, 5.74) is -0.634. The maximum Gasteiger partial charge on any atom is 0.200 e. The normalized spacial score (nSPS) is 17.0. The molecule has 4 rings (SSSR count). The van der Waals surface area contributed by atoms with Gasteiger partial charge in [-0.05, 0) is 43.0 Å². The van der Waals surface area contributed by atoms with Crippen LogP contribution in [0.5, 0.6) is 0 Å². The van der Waals surface area contributed by atoms with Crippen molar-refractivity contribution in [3.63, 3.8) is 0 Å².